The van der Waals surface area contributed by atoms with Gasteiger partial charge in [0.15, 0.2) is 5.13 Å². The average molecular weight is 414 g/mol. The molecule has 1 aromatic heterocycles. The van der Waals surface area contributed by atoms with Crippen molar-refractivity contribution in [3.8, 4) is 0 Å². The number of thiazole rings is 1. The number of halogens is 1. The van der Waals surface area contributed by atoms with Crippen molar-refractivity contribution in [2.45, 2.75) is 13.8 Å². The van der Waals surface area contributed by atoms with E-state index in [1.807, 2.05) is 13.8 Å². The number of carbonyl (C=O) groups is 3. The minimum atomic E-state index is -0.393. The summed E-state index contributed by atoms with van der Waals surface area (Å²) in [7, 11) is 0. The number of imide groups is 1. The number of anilines is 1. The zero-order chi connectivity index (χ0) is 20.0. The van der Waals surface area contributed by atoms with Crippen LogP contribution < -0.4 is 5.32 Å². The predicted molar refractivity (Wildman–Crippen MR) is 109 cm³/mol. The molecule has 4 rings (SSSR count). The molecule has 28 heavy (non-hydrogen) atoms. The van der Waals surface area contributed by atoms with Crippen molar-refractivity contribution in [2.75, 3.05) is 11.9 Å². The Balaban J connectivity index is 1.59. The number of benzene rings is 2. The van der Waals surface area contributed by atoms with Crippen LogP contribution in [0.2, 0.25) is 5.02 Å². The number of nitrogens with one attached hydrogen (secondary N) is 1. The van der Waals surface area contributed by atoms with Gasteiger partial charge in [-0.05, 0) is 42.3 Å². The normalized spacial score (nSPS) is 13.5. The Labute approximate surface area is 170 Å². The summed E-state index contributed by atoms with van der Waals surface area (Å²) in [6.07, 6.45) is 0. The molecule has 1 aliphatic heterocycles. The van der Waals surface area contributed by atoms with E-state index in [4.69, 9.17) is 11.6 Å². The molecular formula is C20H16ClN3O3S. The molecule has 0 radical (unpaired) electrons. The van der Waals surface area contributed by atoms with E-state index in [-0.39, 0.29) is 23.3 Å². The first-order chi connectivity index (χ1) is 13.3. The van der Waals surface area contributed by atoms with Crippen LogP contribution >= 0.6 is 22.9 Å². The molecule has 0 spiro atoms. The number of hydrogen-bond donors (Lipinski definition) is 1. The molecule has 0 atom stereocenters. The van der Waals surface area contributed by atoms with Crippen LogP contribution in [-0.2, 0) is 0 Å². The fourth-order valence-corrected chi connectivity index (χ4v) is 4.22. The van der Waals surface area contributed by atoms with Crippen molar-refractivity contribution in [1.29, 1.82) is 0 Å². The first-order valence-corrected chi connectivity index (χ1v) is 9.90. The lowest BCUT2D eigenvalue weighted by Crippen LogP contribution is -2.33. The topological polar surface area (TPSA) is 79.4 Å². The standard InChI is InChI=1S/C20H16ClN3O3S/c1-10(2)9-24-18(26)13-5-3-11(7-14(13)19(24)27)17(25)23-20-22-15-6-4-12(21)8-16(15)28-20/h3-8,10H,9H2,1-2H3,(H,22,23,25). The summed E-state index contributed by atoms with van der Waals surface area (Å²) in [6, 6.07) is 9.85. The summed E-state index contributed by atoms with van der Waals surface area (Å²) in [5.74, 6) is -0.908. The van der Waals surface area contributed by atoms with Gasteiger partial charge in [-0.1, -0.05) is 36.8 Å². The summed E-state index contributed by atoms with van der Waals surface area (Å²) >= 11 is 7.29. The summed E-state index contributed by atoms with van der Waals surface area (Å²) in [6.45, 7) is 4.23. The Bertz CT molecular complexity index is 1140. The van der Waals surface area contributed by atoms with Crippen LogP contribution in [0.4, 0.5) is 5.13 Å². The molecule has 0 aliphatic carbocycles. The highest BCUT2D eigenvalue weighted by atomic mass is 35.5. The van der Waals surface area contributed by atoms with Gasteiger partial charge in [0.2, 0.25) is 0 Å². The van der Waals surface area contributed by atoms with Crippen molar-refractivity contribution < 1.29 is 14.4 Å². The van der Waals surface area contributed by atoms with Gasteiger partial charge in [0.25, 0.3) is 17.7 Å². The Morgan fingerprint density at radius 3 is 2.64 bits per heavy atom. The third-order valence-electron chi connectivity index (χ3n) is 4.35. The van der Waals surface area contributed by atoms with E-state index in [1.54, 1.807) is 24.3 Å². The first-order valence-electron chi connectivity index (χ1n) is 8.71. The van der Waals surface area contributed by atoms with E-state index in [9.17, 15) is 14.4 Å². The molecule has 142 valence electrons. The number of aromatic nitrogens is 1. The zero-order valence-corrected chi connectivity index (χ0v) is 16.7. The Morgan fingerprint density at radius 1 is 1.14 bits per heavy atom. The van der Waals surface area contributed by atoms with E-state index in [0.29, 0.717) is 27.8 Å². The molecule has 2 aromatic carbocycles. The average Bonchev–Trinajstić information content (AvgIpc) is 3.14. The van der Waals surface area contributed by atoms with Crippen molar-refractivity contribution in [3.63, 3.8) is 0 Å². The van der Waals surface area contributed by atoms with Crippen LogP contribution in [0, 0.1) is 5.92 Å². The van der Waals surface area contributed by atoms with Gasteiger partial charge in [0.05, 0.1) is 21.3 Å². The molecule has 1 N–H and O–H groups in total. The molecule has 0 saturated carbocycles. The Kier molecular flexibility index (Phi) is 4.64. The number of amides is 3. The lowest BCUT2D eigenvalue weighted by molar-refractivity contribution is 0.0636. The maximum atomic E-state index is 12.6. The van der Waals surface area contributed by atoms with Gasteiger partial charge in [-0.15, -0.1) is 0 Å². The minimum Gasteiger partial charge on any atom is -0.298 e. The first kappa shape index (κ1) is 18.6. The highest BCUT2D eigenvalue weighted by Gasteiger charge is 2.36. The Morgan fingerprint density at radius 2 is 1.89 bits per heavy atom. The second-order valence-corrected chi connectivity index (χ2v) is 8.43. The third-order valence-corrected chi connectivity index (χ3v) is 5.52. The van der Waals surface area contributed by atoms with E-state index in [1.165, 1.54) is 28.4 Å². The zero-order valence-electron chi connectivity index (χ0n) is 15.2. The van der Waals surface area contributed by atoms with E-state index in [0.717, 1.165) is 10.2 Å². The van der Waals surface area contributed by atoms with Gasteiger partial charge in [-0.3, -0.25) is 24.6 Å². The van der Waals surface area contributed by atoms with Crippen LogP contribution in [0.5, 0.6) is 0 Å². The van der Waals surface area contributed by atoms with Crippen LogP contribution in [0.3, 0.4) is 0 Å². The number of nitrogens with zero attached hydrogens (tertiary/aromatic N) is 2. The second-order valence-electron chi connectivity index (χ2n) is 6.96. The van der Waals surface area contributed by atoms with Crippen molar-refractivity contribution in [3.05, 3.63) is 58.1 Å². The summed E-state index contributed by atoms with van der Waals surface area (Å²) in [4.78, 5) is 43.2. The molecule has 8 heteroatoms. The number of fused-ring (bicyclic) bond motifs is 2. The maximum absolute atomic E-state index is 12.6. The molecular weight excluding hydrogens is 398 g/mol. The van der Waals surface area contributed by atoms with Crippen LogP contribution in [0.25, 0.3) is 10.2 Å². The van der Waals surface area contributed by atoms with Gasteiger partial charge < -0.3 is 0 Å². The SMILES string of the molecule is CC(C)CN1C(=O)c2ccc(C(=O)Nc3nc4ccc(Cl)cc4s3)cc2C1=O. The molecule has 3 amide bonds. The molecule has 0 saturated heterocycles. The predicted octanol–water partition coefficient (Wildman–Crippen LogP) is 4.45. The molecule has 6 nitrogen and oxygen atoms in total. The summed E-state index contributed by atoms with van der Waals surface area (Å²) < 4.78 is 0.863. The van der Waals surface area contributed by atoms with E-state index < -0.39 is 5.91 Å². The van der Waals surface area contributed by atoms with Gasteiger partial charge in [0, 0.05) is 17.1 Å². The molecule has 0 bridgehead atoms. The lowest BCUT2D eigenvalue weighted by atomic mass is 10.1. The maximum Gasteiger partial charge on any atom is 0.261 e. The highest BCUT2D eigenvalue weighted by molar-refractivity contribution is 7.22. The van der Waals surface area contributed by atoms with Gasteiger partial charge in [-0.2, -0.15) is 0 Å². The largest absolute Gasteiger partial charge is 0.298 e. The fraction of sp³-hybridized carbons (Fsp3) is 0.200. The molecule has 0 unspecified atom stereocenters. The summed E-state index contributed by atoms with van der Waals surface area (Å²) in [5.41, 5.74) is 1.62. The van der Waals surface area contributed by atoms with Crippen LogP contribution in [0.15, 0.2) is 36.4 Å². The van der Waals surface area contributed by atoms with Crippen LogP contribution in [-0.4, -0.2) is 34.2 Å². The van der Waals surface area contributed by atoms with Crippen molar-refractivity contribution >= 4 is 56.0 Å². The summed E-state index contributed by atoms with van der Waals surface area (Å²) in [5, 5.41) is 3.78. The van der Waals surface area contributed by atoms with Gasteiger partial charge in [-0.25, -0.2) is 4.98 Å². The monoisotopic (exact) mass is 413 g/mol. The number of rotatable bonds is 4. The highest BCUT2D eigenvalue weighted by Crippen LogP contribution is 2.29. The van der Waals surface area contributed by atoms with Crippen molar-refractivity contribution in [1.82, 2.24) is 9.88 Å². The molecule has 1 aliphatic rings. The van der Waals surface area contributed by atoms with Crippen molar-refractivity contribution in [2.24, 2.45) is 5.92 Å². The van der Waals surface area contributed by atoms with Crippen LogP contribution in [0.1, 0.15) is 44.9 Å². The fourth-order valence-electron chi connectivity index (χ4n) is 3.08. The smallest absolute Gasteiger partial charge is 0.261 e. The Hall–Kier alpha value is -2.77. The molecule has 3 aromatic rings. The van der Waals surface area contributed by atoms with Gasteiger partial charge in [0.1, 0.15) is 0 Å². The molecule has 2 heterocycles. The number of carbonyl (C=O) groups excluding carboxylic acids is 3. The lowest BCUT2D eigenvalue weighted by Gasteiger charge is -2.15. The van der Waals surface area contributed by atoms with E-state index in [2.05, 4.69) is 10.3 Å². The van der Waals surface area contributed by atoms with E-state index >= 15 is 0 Å². The number of hydrogen-bond acceptors (Lipinski definition) is 5. The van der Waals surface area contributed by atoms with Gasteiger partial charge >= 0.3 is 0 Å². The third kappa shape index (κ3) is 3.27. The second kappa shape index (κ2) is 7.00. The quantitative estimate of drug-likeness (QED) is 0.640. The molecule has 0 fully saturated rings. The minimum absolute atomic E-state index is 0.164.